The van der Waals surface area contributed by atoms with Gasteiger partial charge in [0.25, 0.3) is 5.91 Å². The van der Waals surface area contributed by atoms with E-state index in [1.54, 1.807) is 24.3 Å². The van der Waals surface area contributed by atoms with Crippen LogP contribution < -0.4 is 11.1 Å². The molecule has 4 rings (SSSR count). The third-order valence-corrected chi connectivity index (χ3v) is 5.16. The van der Waals surface area contributed by atoms with Crippen molar-refractivity contribution in [1.82, 2.24) is 14.5 Å². The highest BCUT2D eigenvalue weighted by molar-refractivity contribution is 6.30. The number of unbranched alkanes of at least 4 members (excludes halogenated alkanes) is 2. The van der Waals surface area contributed by atoms with Crippen LogP contribution in [-0.2, 0) is 6.54 Å². The number of aryl methyl sites for hydroxylation is 1. The van der Waals surface area contributed by atoms with Crippen LogP contribution in [-0.4, -0.2) is 20.4 Å². The van der Waals surface area contributed by atoms with Gasteiger partial charge in [-0.2, -0.15) is 0 Å². The Bertz CT molecular complexity index is 1180. The maximum absolute atomic E-state index is 13.1. The number of aromatic nitrogens is 3. The van der Waals surface area contributed by atoms with Crippen LogP contribution in [0.3, 0.4) is 0 Å². The second-order valence-electron chi connectivity index (χ2n) is 6.96. The summed E-state index contributed by atoms with van der Waals surface area (Å²) in [4.78, 5) is 22.6. The molecule has 29 heavy (non-hydrogen) atoms. The van der Waals surface area contributed by atoms with Crippen LogP contribution in [0.2, 0.25) is 5.02 Å². The first kappa shape index (κ1) is 19.2. The van der Waals surface area contributed by atoms with Crippen LogP contribution in [0.4, 0.5) is 11.5 Å². The van der Waals surface area contributed by atoms with Crippen LogP contribution in [0.15, 0.2) is 48.5 Å². The van der Waals surface area contributed by atoms with Crippen LogP contribution in [0, 0.1) is 0 Å². The van der Waals surface area contributed by atoms with Crippen molar-refractivity contribution in [2.45, 2.75) is 32.7 Å². The first-order valence-corrected chi connectivity index (χ1v) is 10.1. The van der Waals surface area contributed by atoms with E-state index in [4.69, 9.17) is 27.3 Å². The van der Waals surface area contributed by atoms with Gasteiger partial charge in [-0.15, -0.1) is 0 Å². The molecule has 2 aromatic heterocycles. The summed E-state index contributed by atoms with van der Waals surface area (Å²) in [7, 11) is 0. The normalized spacial score (nSPS) is 11.2. The minimum atomic E-state index is -0.311. The van der Waals surface area contributed by atoms with Crippen LogP contribution in [0.1, 0.15) is 36.5 Å². The van der Waals surface area contributed by atoms with E-state index < -0.39 is 0 Å². The number of anilines is 2. The smallest absolute Gasteiger partial charge is 0.261 e. The molecule has 0 unspecified atom stereocenters. The number of halogens is 1. The third-order valence-electron chi connectivity index (χ3n) is 4.91. The molecule has 0 bridgehead atoms. The number of hydrogen-bond donors (Lipinski definition) is 2. The van der Waals surface area contributed by atoms with Crippen LogP contribution >= 0.6 is 11.6 Å². The molecule has 0 radical (unpaired) electrons. The highest BCUT2D eigenvalue weighted by atomic mass is 35.5. The van der Waals surface area contributed by atoms with Crippen molar-refractivity contribution >= 4 is 51.2 Å². The van der Waals surface area contributed by atoms with Gasteiger partial charge >= 0.3 is 0 Å². The molecule has 2 heterocycles. The minimum absolute atomic E-state index is 0.311. The first-order valence-electron chi connectivity index (χ1n) is 9.70. The fourth-order valence-electron chi connectivity index (χ4n) is 3.41. The number of nitrogens with one attached hydrogen (secondary N) is 1. The summed E-state index contributed by atoms with van der Waals surface area (Å²) in [6, 6.07) is 14.6. The Morgan fingerprint density at radius 1 is 1.07 bits per heavy atom. The monoisotopic (exact) mass is 407 g/mol. The minimum Gasteiger partial charge on any atom is -0.384 e. The summed E-state index contributed by atoms with van der Waals surface area (Å²) in [5, 5.41) is 3.49. The molecule has 0 aliphatic carbocycles. The van der Waals surface area contributed by atoms with E-state index in [0.717, 1.165) is 30.3 Å². The number of nitrogen functional groups attached to an aromatic ring is 1. The Morgan fingerprint density at radius 3 is 2.45 bits per heavy atom. The lowest BCUT2D eigenvalue weighted by molar-refractivity contribution is 0.102. The number of carbonyl (C=O) groups is 1. The van der Waals surface area contributed by atoms with Crippen molar-refractivity contribution in [2.24, 2.45) is 0 Å². The molecule has 3 N–H and O–H groups in total. The molecular formula is C22H22ClN5O. The number of hydrogen-bond acceptors (Lipinski definition) is 4. The van der Waals surface area contributed by atoms with E-state index in [-0.39, 0.29) is 5.91 Å². The van der Waals surface area contributed by atoms with E-state index in [1.165, 1.54) is 0 Å². The van der Waals surface area contributed by atoms with E-state index in [1.807, 2.05) is 28.8 Å². The van der Waals surface area contributed by atoms with E-state index in [2.05, 4.69) is 12.2 Å². The molecule has 148 valence electrons. The summed E-state index contributed by atoms with van der Waals surface area (Å²) in [6.07, 6.45) is 3.13. The van der Waals surface area contributed by atoms with Crippen molar-refractivity contribution < 1.29 is 4.79 Å². The van der Waals surface area contributed by atoms with Crippen molar-refractivity contribution in [2.75, 3.05) is 11.1 Å². The maximum atomic E-state index is 13.1. The van der Waals surface area contributed by atoms with Crippen molar-refractivity contribution in [1.29, 1.82) is 0 Å². The number of benzene rings is 2. The summed E-state index contributed by atoms with van der Waals surface area (Å²) in [5.41, 5.74) is 10.1. The molecule has 0 saturated carbocycles. The van der Waals surface area contributed by atoms with Crippen molar-refractivity contribution in [3.63, 3.8) is 0 Å². The highest BCUT2D eigenvalue weighted by Crippen LogP contribution is 2.29. The number of carbonyl (C=O) groups excluding carboxylic acids is 1. The van der Waals surface area contributed by atoms with Gasteiger partial charge < -0.3 is 15.6 Å². The van der Waals surface area contributed by atoms with Gasteiger partial charge in [0.15, 0.2) is 5.65 Å². The molecule has 0 atom stereocenters. The fraction of sp³-hybridized carbons (Fsp3) is 0.227. The molecule has 0 aliphatic heterocycles. The van der Waals surface area contributed by atoms with Gasteiger partial charge in [-0.05, 0) is 42.8 Å². The quantitative estimate of drug-likeness (QED) is 0.427. The van der Waals surface area contributed by atoms with Crippen LogP contribution in [0.25, 0.3) is 22.2 Å². The number of para-hydroxylation sites is 2. The summed E-state index contributed by atoms with van der Waals surface area (Å²) < 4.78 is 1.90. The Balaban J connectivity index is 1.82. The molecule has 2 aromatic carbocycles. The second-order valence-corrected chi connectivity index (χ2v) is 7.40. The Labute approximate surface area is 173 Å². The molecule has 0 aliphatic rings. The maximum Gasteiger partial charge on any atom is 0.261 e. The Kier molecular flexibility index (Phi) is 5.36. The Morgan fingerprint density at radius 2 is 1.76 bits per heavy atom. The standard InChI is InChI=1S/C22H22ClN5O/c1-2-3-6-13-28-20(24)18(22(29)25-15-11-9-14(23)10-12-15)19-21(28)27-17-8-5-4-7-16(17)26-19/h4-5,7-12H,2-3,6,13,24H2,1H3,(H,25,29). The van der Waals surface area contributed by atoms with E-state index in [0.29, 0.717) is 39.8 Å². The van der Waals surface area contributed by atoms with E-state index in [9.17, 15) is 4.79 Å². The van der Waals surface area contributed by atoms with Crippen molar-refractivity contribution in [3.05, 3.63) is 59.1 Å². The topological polar surface area (TPSA) is 85.8 Å². The molecule has 4 aromatic rings. The zero-order valence-corrected chi connectivity index (χ0v) is 16.9. The summed E-state index contributed by atoms with van der Waals surface area (Å²) >= 11 is 5.93. The highest BCUT2D eigenvalue weighted by Gasteiger charge is 2.24. The lowest BCUT2D eigenvalue weighted by Gasteiger charge is -2.08. The molecule has 1 amide bonds. The summed E-state index contributed by atoms with van der Waals surface area (Å²) in [5.74, 6) is 0.0755. The van der Waals surface area contributed by atoms with Crippen LogP contribution in [0.5, 0.6) is 0 Å². The Hall–Kier alpha value is -3.12. The van der Waals surface area contributed by atoms with Gasteiger partial charge in [0.1, 0.15) is 16.9 Å². The van der Waals surface area contributed by atoms with Gasteiger partial charge in [-0.3, -0.25) is 4.79 Å². The van der Waals surface area contributed by atoms with Gasteiger partial charge in [0.05, 0.1) is 11.0 Å². The van der Waals surface area contributed by atoms with Crippen molar-refractivity contribution in [3.8, 4) is 0 Å². The zero-order valence-electron chi connectivity index (χ0n) is 16.2. The predicted molar refractivity (Wildman–Crippen MR) is 118 cm³/mol. The largest absolute Gasteiger partial charge is 0.384 e. The zero-order chi connectivity index (χ0) is 20.4. The number of rotatable bonds is 6. The fourth-order valence-corrected chi connectivity index (χ4v) is 3.54. The third kappa shape index (κ3) is 3.76. The summed E-state index contributed by atoms with van der Waals surface area (Å²) in [6.45, 7) is 2.84. The molecule has 0 spiro atoms. The molecular weight excluding hydrogens is 386 g/mol. The molecule has 0 fully saturated rings. The van der Waals surface area contributed by atoms with E-state index >= 15 is 0 Å². The second kappa shape index (κ2) is 8.09. The number of nitrogens with zero attached hydrogens (tertiary/aromatic N) is 3. The predicted octanol–water partition coefficient (Wildman–Crippen LogP) is 5.26. The lowest BCUT2D eigenvalue weighted by atomic mass is 10.2. The van der Waals surface area contributed by atoms with Gasteiger partial charge in [-0.25, -0.2) is 9.97 Å². The van der Waals surface area contributed by atoms with Gasteiger partial charge in [0, 0.05) is 17.3 Å². The number of amides is 1. The lowest BCUT2D eigenvalue weighted by Crippen LogP contribution is -2.14. The molecule has 7 heteroatoms. The van der Waals surface area contributed by atoms with Gasteiger partial charge in [-0.1, -0.05) is 43.5 Å². The SMILES string of the molecule is CCCCCn1c(N)c(C(=O)Nc2ccc(Cl)cc2)c2nc3ccccc3nc21. The number of nitrogens with two attached hydrogens (primary N) is 1. The first-order chi connectivity index (χ1) is 14.1. The molecule has 6 nitrogen and oxygen atoms in total. The molecule has 0 saturated heterocycles. The average Bonchev–Trinajstić information content (AvgIpc) is 2.99. The number of fused-ring (bicyclic) bond motifs is 2. The average molecular weight is 408 g/mol. The van der Waals surface area contributed by atoms with Gasteiger partial charge in [0.2, 0.25) is 0 Å².